The van der Waals surface area contributed by atoms with Gasteiger partial charge in [0.25, 0.3) is 0 Å². The Labute approximate surface area is 133 Å². The fraction of sp³-hybridized carbons (Fsp3) is 0.562. The van der Waals surface area contributed by atoms with Gasteiger partial charge in [0.1, 0.15) is 5.75 Å². The maximum atomic E-state index is 11.8. The Kier molecular flexibility index (Phi) is 7.54. The maximum Gasteiger partial charge on any atom is 0.223 e. The summed E-state index contributed by atoms with van der Waals surface area (Å²) in [7, 11) is 0. The molecule has 0 radical (unpaired) electrons. The number of carbonyl (C=O) groups is 1. The van der Waals surface area contributed by atoms with Crippen molar-refractivity contribution in [2.24, 2.45) is 0 Å². The smallest absolute Gasteiger partial charge is 0.223 e. The van der Waals surface area contributed by atoms with Gasteiger partial charge in [-0.25, -0.2) is 0 Å². The van der Waals surface area contributed by atoms with Crippen molar-refractivity contribution in [3.05, 3.63) is 29.3 Å². The van der Waals surface area contributed by atoms with Crippen molar-refractivity contribution in [2.45, 2.75) is 39.2 Å². The zero-order chi connectivity index (χ0) is 14.4. The molecule has 1 atom stereocenters. The van der Waals surface area contributed by atoms with Crippen LogP contribution in [0.1, 0.15) is 30.4 Å². The van der Waals surface area contributed by atoms with E-state index in [0.29, 0.717) is 13.0 Å². The number of nitrogens with one attached hydrogen (secondary N) is 2. The van der Waals surface area contributed by atoms with Crippen molar-refractivity contribution >= 4 is 18.3 Å². The zero-order valence-corrected chi connectivity index (χ0v) is 13.6. The first kappa shape index (κ1) is 17.8. The predicted molar refractivity (Wildman–Crippen MR) is 87.3 cm³/mol. The second-order valence-corrected chi connectivity index (χ2v) is 5.53. The molecule has 1 aromatic rings. The molecule has 4 nitrogen and oxygen atoms in total. The van der Waals surface area contributed by atoms with Crippen LogP contribution >= 0.6 is 12.4 Å². The normalized spacial score (nSPS) is 17.7. The van der Waals surface area contributed by atoms with Crippen LogP contribution in [0.4, 0.5) is 0 Å². The second kappa shape index (κ2) is 8.90. The van der Waals surface area contributed by atoms with Gasteiger partial charge in [0.2, 0.25) is 5.91 Å². The van der Waals surface area contributed by atoms with E-state index in [1.54, 1.807) is 0 Å². The number of piperidine rings is 1. The SMILES string of the molecule is Cc1cc(C)cc(OCCC(=O)N[C@H]2CCCNC2)c1.Cl. The Morgan fingerprint density at radius 3 is 2.67 bits per heavy atom. The molecule has 0 aliphatic carbocycles. The van der Waals surface area contributed by atoms with Gasteiger partial charge in [-0.05, 0) is 56.5 Å². The third-order valence-corrected chi connectivity index (χ3v) is 3.46. The summed E-state index contributed by atoms with van der Waals surface area (Å²) in [6.45, 7) is 6.45. The van der Waals surface area contributed by atoms with Crippen LogP contribution in [0.5, 0.6) is 5.75 Å². The predicted octanol–water partition coefficient (Wildman–Crippen LogP) is 2.36. The van der Waals surface area contributed by atoms with E-state index in [1.807, 2.05) is 26.0 Å². The molecule has 2 N–H and O–H groups in total. The van der Waals surface area contributed by atoms with Gasteiger partial charge in [0.15, 0.2) is 0 Å². The van der Waals surface area contributed by atoms with Crippen LogP contribution in [0, 0.1) is 13.8 Å². The summed E-state index contributed by atoms with van der Waals surface area (Å²) in [6.07, 6.45) is 2.60. The highest BCUT2D eigenvalue weighted by atomic mass is 35.5. The number of aryl methyl sites for hydroxylation is 2. The fourth-order valence-electron chi connectivity index (χ4n) is 2.55. The number of ether oxygens (including phenoxy) is 1. The monoisotopic (exact) mass is 312 g/mol. The Bertz CT molecular complexity index is 439. The van der Waals surface area contributed by atoms with Gasteiger partial charge in [-0.2, -0.15) is 0 Å². The molecular formula is C16H25ClN2O2. The molecule has 1 saturated heterocycles. The van der Waals surface area contributed by atoms with Gasteiger partial charge >= 0.3 is 0 Å². The molecule has 118 valence electrons. The number of rotatable bonds is 5. The lowest BCUT2D eigenvalue weighted by molar-refractivity contribution is -0.122. The third-order valence-electron chi connectivity index (χ3n) is 3.46. The molecule has 1 heterocycles. The summed E-state index contributed by atoms with van der Waals surface area (Å²) >= 11 is 0. The maximum absolute atomic E-state index is 11.8. The molecule has 1 aliphatic rings. The highest BCUT2D eigenvalue weighted by Crippen LogP contribution is 2.16. The van der Waals surface area contributed by atoms with Crippen LogP contribution in [0.15, 0.2) is 18.2 Å². The lowest BCUT2D eigenvalue weighted by Gasteiger charge is -2.23. The van der Waals surface area contributed by atoms with Gasteiger partial charge in [-0.3, -0.25) is 4.79 Å². The van der Waals surface area contributed by atoms with Crippen molar-refractivity contribution in [1.29, 1.82) is 0 Å². The average molecular weight is 313 g/mol. The minimum absolute atomic E-state index is 0. The topological polar surface area (TPSA) is 50.4 Å². The number of hydrogen-bond donors (Lipinski definition) is 2. The van der Waals surface area contributed by atoms with Crippen molar-refractivity contribution in [3.8, 4) is 5.75 Å². The Hall–Kier alpha value is -1.26. The van der Waals surface area contributed by atoms with Gasteiger partial charge in [-0.15, -0.1) is 12.4 Å². The van der Waals surface area contributed by atoms with Gasteiger partial charge in [-0.1, -0.05) is 6.07 Å². The molecule has 0 aromatic heterocycles. The Morgan fingerprint density at radius 1 is 1.33 bits per heavy atom. The Morgan fingerprint density at radius 2 is 2.05 bits per heavy atom. The number of amides is 1. The molecule has 1 aromatic carbocycles. The summed E-state index contributed by atoms with van der Waals surface area (Å²) in [4.78, 5) is 11.8. The van der Waals surface area contributed by atoms with Crippen molar-refractivity contribution in [2.75, 3.05) is 19.7 Å². The van der Waals surface area contributed by atoms with E-state index in [4.69, 9.17) is 4.74 Å². The first-order chi connectivity index (χ1) is 9.63. The molecule has 5 heteroatoms. The summed E-state index contributed by atoms with van der Waals surface area (Å²) in [6, 6.07) is 6.37. The lowest BCUT2D eigenvalue weighted by atomic mass is 10.1. The highest BCUT2D eigenvalue weighted by molar-refractivity contribution is 5.85. The average Bonchev–Trinajstić information content (AvgIpc) is 2.38. The highest BCUT2D eigenvalue weighted by Gasteiger charge is 2.14. The first-order valence-electron chi connectivity index (χ1n) is 7.34. The summed E-state index contributed by atoms with van der Waals surface area (Å²) < 4.78 is 5.65. The van der Waals surface area contributed by atoms with Gasteiger partial charge < -0.3 is 15.4 Å². The molecule has 1 aliphatic heterocycles. The van der Waals surface area contributed by atoms with E-state index in [1.165, 1.54) is 11.1 Å². The summed E-state index contributed by atoms with van der Waals surface area (Å²) in [5, 5.41) is 6.34. The minimum Gasteiger partial charge on any atom is -0.493 e. The molecule has 0 saturated carbocycles. The molecule has 0 bridgehead atoms. The lowest BCUT2D eigenvalue weighted by Crippen LogP contribution is -2.45. The summed E-state index contributed by atoms with van der Waals surface area (Å²) in [5.41, 5.74) is 2.36. The van der Waals surface area contributed by atoms with Crippen LogP contribution in [0.25, 0.3) is 0 Å². The molecular weight excluding hydrogens is 288 g/mol. The van der Waals surface area contributed by atoms with E-state index in [-0.39, 0.29) is 24.4 Å². The van der Waals surface area contributed by atoms with Crippen LogP contribution < -0.4 is 15.4 Å². The van der Waals surface area contributed by atoms with Crippen molar-refractivity contribution in [1.82, 2.24) is 10.6 Å². The molecule has 1 fully saturated rings. The second-order valence-electron chi connectivity index (χ2n) is 5.53. The van der Waals surface area contributed by atoms with Crippen LogP contribution in [-0.2, 0) is 4.79 Å². The van der Waals surface area contributed by atoms with Crippen molar-refractivity contribution in [3.63, 3.8) is 0 Å². The fourth-order valence-corrected chi connectivity index (χ4v) is 2.55. The molecule has 1 amide bonds. The largest absolute Gasteiger partial charge is 0.493 e. The number of carbonyl (C=O) groups excluding carboxylic acids is 1. The molecule has 21 heavy (non-hydrogen) atoms. The standard InChI is InChI=1S/C16H24N2O2.ClH/c1-12-8-13(2)10-15(9-12)20-7-5-16(19)18-14-4-3-6-17-11-14;/h8-10,14,17H,3-7,11H2,1-2H3,(H,18,19);1H/t14-;/m0./s1. The van der Waals surface area contributed by atoms with E-state index in [0.717, 1.165) is 31.7 Å². The van der Waals surface area contributed by atoms with Gasteiger partial charge in [0.05, 0.1) is 13.0 Å². The Balaban J connectivity index is 0.00000220. The number of hydrogen-bond acceptors (Lipinski definition) is 3. The molecule has 0 spiro atoms. The number of benzene rings is 1. The molecule has 0 unspecified atom stereocenters. The zero-order valence-electron chi connectivity index (χ0n) is 12.8. The van der Waals surface area contributed by atoms with E-state index in [2.05, 4.69) is 16.7 Å². The van der Waals surface area contributed by atoms with E-state index >= 15 is 0 Å². The van der Waals surface area contributed by atoms with Crippen LogP contribution in [0.2, 0.25) is 0 Å². The van der Waals surface area contributed by atoms with E-state index in [9.17, 15) is 4.79 Å². The minimum atomic E-state index is 0. The first-order valence-corrected chi connectivity index (χ1v) is 7.34. The third kappa shape index (κ3) is 6.36. The molecule has 2 rings (SSSR count). The van der Waals surface area contributed by atoms with Gasteiger partial charge in [0, 0.05) is 12.6 Å². The van der Waals surface area contributed by atoms with E-state index < -0.39 is 0 Å². The summed E-state index contributed by atoms with van der Waals surface area (Å²) in [5.74, 6) is 0.915. The quantitative estimate of drug-likeness (QED) is 0.877. The van der Waals surface area contributed by atoms with Crippen LogP contribution in [0.3, 0.4) is 0 Å². The number of halogens is 1. The van der Waals surface area contributed by atoms with Crippen LogP contribution in [-0.4, -0.2) is 31.6 Å². The van der Waals surface area contributed by atoms with Crippen molar-refractivity contribution < 1.29 is 9.53 Å².